The van der Waals surface area contributed by atoms with Crippen LogP contribution in [0.3, 0.4) is 0 Å². The van der Waals surface area contributed by atoms with Crippen molar-refractivity contribution in [2.75, 3.05) is 25.1 Å². The van der Waals surface area contributed by atoms with Crippen LogP contribution in [-0.2, 0) is 0 Å². The highest BCUT2D eigenvalue weighted by Crippen LogP contribution is 2.33. The van der Waals surface area contributed by atoms with Crippen molar-refractivity contribution in [2.24, 2.45) is 0 Å². The minimum Gasteiger partial charge on any atom is -0.493 e. The third-order valence-corrected chi connectivity index (χ3v) is 5.21. The fraction of sp³-hybridized carbons (Fsp3) is 0.417. The topological polar surface area (TPSA) is 56.1 Å². The number of methoxy groups -OCH3 is 1. The number of fused-ring (bicyclic) bond motifs is 1. The summed E-state index contributed by atoms with van der Waals surface area (Å²) in [5.74, 6) is 0.0647. The molecule has 6 nitrogen and oxygen atoms in total. The Labute approximate surface area is 186 Å². The lowest BCUT2D eigenvalue weighted by Crippen LogP contribution is -2.26. The standard InChI is InChI=1S/C24H29F2N3O3/c1-4-6-7-13-28(12-5-2)18-9-11-22-27-19(15-23(30)29(22)16-18)17-8-10-20(31-3)21(14-17)32-24(25)26/h8-11,14-16,24H,4-7,12-13H2,1-3H3. The number of benzene rings is 1. The van der Waals surface area contributed by atoms with Crippen LogP contribution in [-0.4, -0.2) is 36.2 Å². The highest BCUT2D eigenvalue weighted by Gasteiger charge is 2.14. The molecule has 0 saturated heterocycles. The number of anilines is 1. The number of pyridine rings is 1. The van der Waals surface area contributed by atoms with Gasteiger partial charge < -0.3 is 14.4 Å². The van der Waals surface area contributed by atoms with E-state index in [4.69, 9.17) is 4.74 Å². The SMILES string of the molecule is CCCCCN(CCC)c1ccc2nc(-c3ccc(OC)c(OC(F)F)c3)cc(=O)n2c1. The first-order valence-corrected chi connectivity index (χ1v) is 10.9. The minimum atomic E-state index is -2.99. The molecule has 172 valence electrons. The smallest absolute Gasteiger partial charge is 0.387 e. The van der Waals surface area contributed by atoms with Gasteiger partial charge in [-0.15, -0.1) is 0 Å². The Balaban J connectivity index is 1.97. The number of halogens is 2. The van der Waals surface area contributed by atoms with E-state index in [0.29, 0.717) is 16.9 Å². The van der Waals surface area contributed by atoms with E-state index in [9.17, 15) is 13.6 Å². The van der Waals surface area contributed by atoms with Gasteiger partial charge in [0.2, 0.25) is 0 Å². The summed E-state index contributed by atoms with van der Waals surface area (Å²) in [6.45, 7) is 3.17. The fourth-order valence-electron chi connectivity index (χ4n) is 3.64. The van der Waals surface area contributed by atoms with E-state index in [2.05, 4.69) is 28.5 Å². The second-order valence-corrected chi connectivity index (χ2v) is 7.53. The Hall–Kier alpha value is -3.16. The number of hydrogen-bond acceptors (Lipinski definition) is 5. The summed E-state index contributed by atoms with van der Waals surface area (Å²) in [6.07, 6.45) is 6.24. The van der Waals surface area contributed by atoms with E-state index in [1.54, 1.807) is 6.07 Å². The second-order valence-electron chi connectivity index (χ2n) is 7.53. The monoisotopic (exact) mass is 445 g/mol. The van der Waals surface area contributed by atoms with Gasteiger partial charge in [0.1, 0.15) is 5.65 Å². The van der Waals surface area contributed by atoms with E-state index in [0.717, 1.165) is 44.5 Å². The molecule has 2 heterocycles. The third kappa shape index (κ3) is 5.55. The van der Waals surface area contributed by atoms with Gasteiger partial charge >= 0.3 is 6.61 Å². The van der Waals surface area contributed by atoms with Gasteiger partial charge in [-0.3, -0.25) is 9.20 Å². The summed E-state index contributed by atoms with van der Waals surface area (Å²) < 4.78 is 36.6. The Kier molecular flexibility index (Phi) is 8.03. The lowest BCUT2D eigenvalue weighted by molar-refractivity contribution is -0.0511. The molecule has 0 saturated carbocycles. The zero-order chi connectivity index (χ0) is 23.1. The normalized spacial score (nSPS) is 11.2. The number of nitrogens with zero attached hydrogens (tertiary/aromatic N) is 3. The minimum absolute atomic E-state index is 0.111. The maximum atomic E-state index is 12.9. The molecule has 0 amide bonds. The van der Waals surface area contributed by atoms with Crippen molar-refractivity contribution in [2.45, 2.75) is 46.1 Å². The van der Waals surface area contributed by atoms with E-state index in [-0.39, 0.29) is 17.1 Å². The number of hydrogen-bond donors (Lipinski definition) is 0. The van der Waals surface area contributed by atoms with Gasteiger partial charge in [-0.05, 0) is 43.2 Å². The molecule has 32 heavy (non-hydrogen) atoms. The summed E-state index contributed by atoms with van der Waals surface area (Å²) >= 11 is 0. The maximum Gasteiger partial charge on any atom is 0.387 e. The van der Waals surface area contributed by atoms with Crippen molar-refractivity contribution in [1.29, 1.82) is 0 Å². The second kappa shape index (κ2) is 10.9. The van der Waals surface area contributed by atoms with Gasteiger partial charge in [0, 0.05) is 30.9 Å². The molecule has 8 heteroatoms. The molecule has 3 aromatic rings. The largest absolute Gasteiger partial charge is 0.493 e. The van der Waals surface area contributed by atoms with Crippen molar-refractivity contribution in [3.8, 4) is 22.8 Å². The summed E-state index contributed by atoms with van der Waals surface area (Å²) in [5.41, 5.74) is 2.07. The van der Waals surface area contributed by atoms with Crippen LogP contribution in [0.25, 0.3) is 16.9 Å². The molecule has 0 unspecified atom stereocenters. The van der Waals surface area contributed by atoms with Crippen molar-refractivity contribution >= 4 is 11.3 Å². The summed E-state index contributed by atoms with van der Waals surface area (Å²) in [7, 11) is 1.37. The van der Waals surface area contributed by atoms with E-state index in [1.807, 2.05) is 18.3 Å². The first-order valence-electron chi connectivity index (χ1n) is 10.9. The van der Waals surface area contributed by atoms with Gasteiger partial charge in [-0.2, -0.15) is 8.78 Å². The molecule has 0 N–H and O–H groups in total. The molecule has 0 spiro atoms. The molecule has 3 rings (SSSR count). The lowest BCUT2D eigenvalue weighted by Gasteiger charge is -2.24. The van der Waals surface area contributed by atoms with Gasteiger partial charge in [0.25, 0.3) is 5.56 Å². The van der Waals surface area contributed by atoms with E-state index < -0.39 is 6.61 Å². The molecule has 0 radical (unpaired) electrons. The fourth-order valence-corrected chi connectivity index (χ4v) is 3.64. The molecule has 1 aromatic carbocycles. The van der Waals surface area contributed by atoms with E-state index >= 15 is 0 Å². The van der Waals surface area contributed by atoms with Crippen LogP contribution >= 0.6 is 0 Å². The average molecular weight is 446 g/mol. The molecule has 0 bridgehead atoms. The maximum absolute atomic E-state index is 12.9. The van der Waals surface area contributed by atoms with Crippen molar-refractivity contribution < 1.29 is 18.3 Å². The number of unbranched alkanes of at least 4 members (excludes halogenated alkanes) is 2. The van der Waals surface area contributed by atoms with Gasteiger partial charge in [-0.25, -0.2) is 4.98 Å². The van der Waals surface area contributed by atoms with Crippen molar-refractivity contribution in [3.63, 3.8) is 0 Å². The quantitative estimate of drug-likeness (QED) is 0.371. The van der Waals surface area contributed by atoms with Gasteiger partial charge in [0.05, 0.1) is 18.5 Å². The lowest BCUT2D eigenvalue weighted by atomic mass is 10.1. The summed E-state index contributed by atoms with van der Waals surface area (Å²) in [4.78, 5) is 19.7. The number of aromatic nitrogens is 2. The van der Waals surface area contributed by atoms with Crippen molar-refractivity contribution in [1.82, 2.24) is 9.38 Å². The predicted molar refractivity (Wildman–Crippen MR) is 122 cm³/mol. The number of ether oxygens (including phenoxy) is 2. The van der Waals surface area contributed by atoms with E-state index in [1.165, 1.54) is 29.7 Å². The predicted octanol–water partition coefficient (Wildman–Crippen LogP) is 5.38. The Morgan fingerprint density at radius 1 is 1.03 bits per heavy atom. The number of alkyl halides is 2. The van der Waals surface area contributed by atoms with Crippen LogP contribution in [0.2, 0.25) is 0 Å². The van der Waals surface area contributed by atoms with Gasteiger partial charge in [0.15, 0.2) is 11.5 Å². The molecule has 0 aliphatic carbocycles. The zero-order valence-corrected chi connectivity index (χ0v) is 18.7. The molecule has 0 aliphatic rings. The molecular formula is C24H29F2N3O3. The van der Waals surface area contributed by atoms with Crippen LogP contribution in [0, 0.1) is 0 Å². The molecule has 0 aliphatic heterocycles. The highest BCUT2D eigenvalue weighted by molar-refractivity contribution is 5.66. The van der Waals surface area contributed by atoms with Crippen LogP contribution < -0.4 is 19.9 Å². The van der Waals surface area contributed by atoms with Crippen LogP contribution in [0.1, 0.15) is 39.5 Å². The molecule has 0 fully saturated rings. The zero-order valence-electron chi connectivity index (χ0n) is 18.7. The van der Waals surface area contributed by atoms with Crippen LogP contribution in [0.15, 0.2) is 47.4 Å². The Morgan fingerprint density at radius 2 is 1.84 bits per heavy atom. The molecular weight excluding hydrogens is 416 g/mol. The van der Waals surface area contributed by atoms with Crippen LogP contribution in [0.4, 0.5) is 14.5 Å². The number of rotatable bonds is 11. The van der Waals surface area contributed by atoms with Crippen LogP contribution in [0.5, 0.6) is 11.5 Å². The molecule has 0 atom stereocenters. The first-order chi connectivity index (χ1) is 15.5. The Morgan fingerprint density at radius 3 is 2.53 bits per heavy atom. The Bertz CT molecular complexity index is 1100. The first kappa shape index (κ1) is 23.5. The summed E-state index contributed by atoms with van der Waals surface area (Å²) in [5, 5.41) is 0. The highest BCUT2D eigenvalue weighted by atomic mass is 19.3. The van der Waals surface area contributed by atoms with Gasteiger partial charge in [-0.1, -0.05) is 26.7 Å². The molecule has 2 aromatic heterocycles. The van der Waals surface area contributed by atoms with Crippen molar-refractivity contribution in [3.05, 3.63) is 52.9 Å². The average Bonchev–Trinajstić information content (AvgIpc) is 2.78. The summed E-state index contributed by atoms with van der Waals surface area (Å²) in [6, 6.07) is 9.73. The third-order valence-electron chi connectivity index (χ3n) is 5.21.